The molecule has 11 heavy (non-hydrogen) atoms. The molecule has 3 atom stereocenters. The third kappa shape index (κ3) is 5.18. The second kappa shape index (κ2) is 5.52. The molecule has 0 amide bonds. The maximum atomic E-state index is 9.35. The number of rotatable bonds is 5. The van der Waals surface area contributed by atoms with Crippen molar-refractivity contribution in [3.8, 4) is 0 Å². The minimum absolute atomic E-state index is 0.0644. The summed E-state index contributed by atoms with van der Waals surface area (Å²) in [6.45, 7) is 3.61. The lowest BCUT2D eigenvalue weighted by Crippen LogP contribution is -2.23. The minimum Gasteiger partial charge on any atom is -0.396 e. The van der Waals surface area contributed by atoms with Crippen molar-refractivity contribution in [2.45, 2.75) is 38.9 Å². The quantitative estimate of drug-likeness (QED) is 0.539. The summed E-state index contributed by atoms with van der Waals surface area (Å²) in [5, 5.41) is 26.8. The topological polar surface area (TPSA) is 60.7 Å². The largest absolute Gasteiger partial charge is 0.396 e. The van der Waals surface area contributed by atoms with Crippen molar-refractivity contribution in [3.63, 3.8) is 0 Å². The third-order valence-corrected chi connectivity index (χ3v) is 1.82. The predicted octanol–water partition coefficient (Wildman–Crippen LogP) is 0.137. The van der Waals surface area contributed by atoms with Gasteiger partial charge in [0.1, 0.15) is 0 Å². The van der Waals surface area contributed by atoms with Crippen LogP contribution in [0.1, 0.15) is 26.7 Å². The Kier molecular flexibility index (Phi) is 5.46. The van der Waals surface area contributed by atoms with Crippen LogP contribution in [0, 0.1) is 5.92 Å². The summed E-state index contributed by atoms with van der Waals surface area (Å²) < 4.78 is 0. The normalized spacial score (nSPS) is 19.4. The molecule has 68 valence electrons. The highest BCUT2D eigenvalue weighted by molar-refractivity contribution is 4.66. The highest BCUT2D eigenvalue weighted by atomic mass is 16.3. The van der Waals surface area contributed by atoms with Gasteiger partial charge in [0.25, 0.3) is 0 Å². The molecule has 3 heteroatoms. The zero-order chi connectivity index (χ0) is 8.85. The van der Waals surface area contributed by atoms with E-state index in [1.807, 2.05) is 6.92 Å². The lowest BCUT2D eigenvalue weighted by Gasteiger charge is -2.18. The van der Waals surface area contributed by atoms with Crippen LogP contribution in [0.2, 0.25) is 0 Å². The zero-order valence-electron chi connectivity index (χ0n) is 7.20. The van der Waals surface area contributed by atoms with Crippen molar-refractivity contribution in [3.05, 3.63) is 0 Å². The molecule has 0 bridgehead atoms. The van der Waals surface area contributed by atoms with Gasteiger partial charge >= 0.3 is 0 Å². The molecule has 3 nitrogen and oxygen atoms in total. The Hall–Kier alpha value is -0.120. The molecular formula is C8H18O3. The van der Waals surface area contributed by atoms with Gasteiger partial charge in [0, 0.05) is 6.61 Å². The van der Waals surface area contributed by atoms with E-state index in [1.54, 1.807) is 6.92 Å². The Morgan fingerprint density at radius 3 is 2.09 bits per heavy atom. The minimum atomic E-state index is -0.498. The summed E-state index contributed by atoms with van der Waals surface area (Å²) in [7, 11) is 0. The number of hydrogen-bond acceptors (Lipinski definition) is 3. The summed E-state index contributed by atoms with van der Waals surface area (Å²) in [6, 6.07) is 0. The molecule has 0 rings (SSSR count). The van der Waals surface area contributed by atoms with E-state index in [0.717, 1.165) is 0 Å². The van der Waals surface area contributed by atoms with Gasteiger partial charge in [-0.05, 0) is 25.7 Å². The molecule has 0 spiro atoms. The van der Waals surface area contributed by atoms with Crippen LogP contribution >= 0.6 is 0 Å². The van der Waals surface area contributed by atoms with E-state index < -0.39 is 12.2 Å². The molecule has 0 aromatic carbocycles. The van der Waals surface area contributed by atoms with Gasteiger partial charge in [-0.1, -0.05) is 6.92 Å². The fourth-order valence-electron chi connectivity index (χ4n) is 0.978. The van der Waals surface area contributed by atoms with Crippen LogP contribution in [0.15, 0.2) is 0 Å². The van der Waals surface area contributed by atoms with E-state index in [9.17, 15) is 5.11 Å². The Morgan fingerprint density at radius 2 is 1.73 bits per heavy atom. The van der Waals surface area contributed by atoms with E-state index in [4.69, 9.17) is 10.2 Å². The van der Waals surface area contributed by atoms with E-state index in [0.29, 0.717) is 12.8 Å². The van der Waals surface area contributed by atoms with Crippen molar-refractivity contribution in [1.29, 1.82) is 0 Å². The Bertz CT molecular complexity index is 93.3. The van der Waals surface area contributed by atoms with Crippen molar-refractivity contribution >= 4 is 0 Å². The van der Waals surface area contributed by atoms with Crippen LogP contribution in [0.5, 0.6) is 0 Å². The van der Waals surface area contributed by atoms with Gasteiger partial charge in [-0.25, -0.2) is 0 Å². The van der Waals surface area contributed by atoms with Crippen LogP contribution < -0.4 is 0 Å². The van der Waals surface area contributed by atoms with Crippen molar-refractivity contribution in [2.75, 3.05) is 6.61 Å². The van der Waals surface area contributed by atoms with Crippen molar-refractivity contribution in [1.82, 2.24) is 0 Å². The fourth-order valence-corrected chi connectivity index (χ4v) is 0.978. The van der Waals surface area contributed by atoms with Crippen LogP contribution in [0.25, 0.3) is 0 Å². The lowest BCUT2D eigenvalue weighted by atomic mass is 9.97. The van der Waals surface area contributed by atoms with Gasteiger partial charge < -0.3 is 15.3 Å². The van der Waals surface area contributed by atoms with E-state index >= 15 is 0 Å². The molecule has 0 aliphatic heterocycles. The van der Waals surface area contributed by atoms with E-state index in [2.05, 4.69) is 0 Å². The average molecular weight is 162 g/mol. The summed E-state index contributed by atoms with van der Waals surface area (Å²) in [4.78, 5) is 0. The average Bonchev–Trinajstić information content (AvgIpc) is 1.86. The van der Waals surface area contributed by atoms with Crippen LogP contribution in [-0.4, -0.2) is 34.1 Å². The SMILES string of the molecule is CC(O)CC(O)C(C)CCO. The first-order valence-corrected chi connectivity index (χ1v) is 4.05. The molecule has 0 heterocycles. The van der Waals surface area contributed by atoms with E-state index in [-0.39, 0.29) is 12.5 Å². The molecule has 3 unspecified atom stereocenters. The van der Waals surface area contributed by atoms with Gasteiger partial charge in [0.2, 0.25) is 0 Å². The van der Waals surface area contributed by atoms with Crippen molar-refractivity contribution in [2.24, 2.45) is 5.92 Å². The number of aliphatic hydroxyl groups excluding tert-OH is 3. The first-order chi connectivity index (χ1) is 5.07. The van der Waals surface area contributed by atoms with E-state index in [1.165, 1.54) is 0 Å². The molecule has 0 aliphatic carbocycles. The molecule has 0 radical (unpaired) electrons. The molecule has 0 saturated carbocycles. The second-order valence-electron chi connectivity index (χ2n) is 3.14. The van der Waals surface area contributed by atoms with Gasteiger partial charge in [-0.2, -0.15) is 0 Å². The summed E-state index contributed by atoms with van der Waals surface area (Å²) in [6.07, 6.45) is 0.0167. The Balaban J connectivity index is 3.54. The third-order valence-electron chi connectivity index (χ3n) is 1.82. The Morgan fingerprint density at radius 1 is 1.18 bits per heavy atom. The fraction of sp³-hybridized carbons (Fsp3) is 1.00. The first kappa shape index (κ1) is 10.9. The monoisotopic (exact) mass is 162 g/mol. The maximum absolute atomic E-state index is 9.35. The van der Waals surface area contributed by atoms with Crippen LogP contribution in [-0.2, 0) is 0 Å². The maximum Gasteiger partial charge on any atom is 0.0591 e. The summed E-state index contributed by atoms with van der Waals surface area (Å²) in [5.74, 6) is 0.0644. The number of aliphatic hydroxyl groups is 3. The van der Waals surface area contributed by atoms with Gasteiger partial charge in [-0.3, -0.25) is 0 Å². The lowest BCUT2D eigenvalue weighted by molar-refractivity contribution is 0.0471. The standard InChI is InChI=1S/C8H18O3/c1-6(3-4-9)8(11)5-7(2)10/h6-11H,3-5H2,1-2H3. The molecule has 0 aliphatic rings. The first-order valence-electron chi connectivity index (χ1n) is 4.05. The van der Waals surface area contributed by atoms with Crippen LogP contribution in [0.3, 0.4) is 0 Å². The predicted molar refractivity (Wildman–Crippen MR) is 43.2 cm³/mol. The van der Waals surface area contributed by atoms with Gasteiger partial charge in [0.05, 0.1) is 12.2 Å². The van der Waals surface area contributed by atoms with Crippen LogP contribution in [0.4, 0.5) is 0 Å². The summed E-state index contributed by atoms with van der Waals surface area (Å²) in [5.41, 5.74) is 0. The molecule has 0 aromatic heterocycles. The van der Waals surface area contributed by atoms with Gasteiger partial charge in [0.15, 0.2) is 0 Å². The highest BCUT2D eigenvalue weighted by Crippen LogP contribution is 2.12. The summed E-state index contributed by atoms with van der Waals surface area (Å²) >= 11 is 0. The Labute approximate surface area is 67.7 Å². The molecular weight excluding hydrogens is 144 g/mol. The number of hydrogen-bond donors (Lipinski definition) is 3. The highest BCUT2D eigenvalue weighted by Gasteiger charge is 2.15. The molecule has 0 saturated heterocycles. The smallest absolute Gasteiger partial charge is 0.0591 e. The molecule has 3 N–H and O–H groups in total. The molecule has 0 fully saturated rings. The van der Waals surface area contributed by atoms with Gasteiger partial charge in [-0.15, -0.1) is 0 Å². The molecule has 0 aromatic rings. The second-order valence-corrected chi connectivity index (χ2v) is 3.14. The zero-order valence-corrected chi connectivity index (χ0v) is 7.20. The van der Waals surface area contributed by atoms with Crippen molar-refractivity contribution < 1.29 is 15.3 Å².